The van der Waals surface area contributed by atoms with E-state index in [4.69, 9.17) is 8.92 Å². The van der Waals surface area contributed by atoms with Gasteiger partial charge in [-0.15, -0.1) is 0 Å². The van der Waals surface area contributed by atoms with E-state index < -0.39 is 40.6 Å². The molecule has 0 aliphatic carbocycles. The van der Waals surface area contributed by atoms with Crippen LogP contribution in [-0.2, 0) is 25.5 Å². The third-order valence-corrected chi connectivity index (χ3v) is 3.52. The van der Waals surface area contributed by atoms with Crippen LogP contribution < -0.4 is 5.32 Å². The van der Waals surface area contributed by atoms with Crippen LogP contribution >= 0.6 is 0 Å². The molecule has 1 aromatic rings. The molecule has 0 aliphatic rings. The second-order valence-corrected chi connectivity index (χ2v) is 8.06. The van der Waals surface area contributed by atoms with E-state index >= 15 is 0 Å². The van der Waals surface area contributed by atoms with E-state index in [1.165, 1.54) is 0 Å². The first-order valence-electron chi connectivity index (χ1n) is 7.53. The minimum absolute atomic E-state index is 0.279. The lowest BCUT2D eigenvalue weighted by Crippen LogP contribution is -2.49. The Bertz CT molecular complexity index is 624. The first-order valence-corrected chi connectivity index (χ1v) is 9.34. The Kier molecular flexibility index (Phi) is 7.19. The van der Waals surface area contributed by atoms with E-state index in [0.29, 0.717) is 0 Å². The van der Waals surface area contributed by atoms with Crippen molar-refractivity contribution in [2.24, 2.45) is 0 Å². The number of carbonyl (C=O) groups excluding carboxylic acids is 1. The van der Waals surface area contributed by atoms with Crippen molar-refractivity contribution in [1.82, 2.24) is 5.32 Å². The number of ether oxygens (including phenoxy) is 1. The molecule has 0 spiro atoms. The average molecular weight is 359 g/mol. The smallest absolute Gasteiger partial charge is 0.407 e. The molecule has 0 saturated carbocycles. The molecule has 0 heterocycles. The summed E-state index contributed by atoms with van der Waals surface area (Å²) < 4.78 is 32.9. The molecule has 0 fully saturated rings. The third kappa shape index (κ3) is 8.28. The van der Waals surface area contributed by atoms with E-state index in [2.05, 4.69) is 5.32 Å². The van der Waals surface area contributed by atoms with Crippen LogP contribution in [0.1, 0.15) is 26.3 Å². The standard InChI is InChI=1S/C16H25NO6S/c1-16(2,3)22-15(19)17-13(10-12-8-6-5-7-9-12)14(11-18)23-24(4,20)21/h5-9,13-14,18H,10-11H2,1-4H3,(H,17,19)/t13-,14-/m0/s1. The highest BCUT2D eigenvalue weighted by molar-refractivity contribution is 7.86. The highest BCUT2D eigenvalue weighted by atomic mass is 32.2. The molecule has 1 amide bonds. The van der Waals surface area contributed by atoms with Gasteiger partial charge in [0.2, 0.25) is 0 Å². The van der Waals surface area contributed by atoms with Gasteiger partial charge in [0, 0.05) is 0 Å². The molecular formula is C16H25NO6S. The molecule has 24 heavy (non-hydrogen) atoms. The Morgan fingerprint density at radius 1 is 1.25 bits per heavy atom. The maximum atomic E-state index is 12.0. The SMILES string of the molecule is CC(C)(C)OC(=O)N[C@@H](Cc1ccccc1)[C@H](CO)OS(C)(=O)=O. The summed E-state index contributed by atoms with van der Waals surface area (Å²) in [7, 11) is -3.80. The number of rotatable bonds is 7. The van der Waals surface area contributed by atoms with Crippen molar-refractivity contribution in [3.05, 3.63) is 35.9 Å². The summed E-state index contributed by atoms with van der Waals surface area (Å²) >= 11 is 0. The Morgan fingerprint density at radius 2 is 1.83 bits per heavy atom. The van der Waals surface area contributed by atoms with Crippen LogP contribution in [0.3, 0.4) is 0 Å². The first kappa shape index (κ1) is 20.4. The normalized spacial score (nSPS) is 14.7. The second-order valence-electron chi connectivity index (χ2n) is 6.46. The van der Waals surface area contributed by atoms with Gasteiger partial charge >= 0.3 is 6.09 Å². The minimum atomic E-state index is -3.80. The van der Waals surface area contributed by atoms with Crippen LogP contribution in [0, 0.1) is 0 Å². The quantitative estimate of drug-likeness (QED) is 0.715. The van der Waals surface area contributed by atoms with Gasteiger partial charge in [-0.25, -0.2) is 4.79 Å². The van der Waals surface area contributed by atoms with E-state index in [1.807, 2.05) is 30.3 Å². The van der Waals surface area contributed by atoms with Crippen LogP contribution in [-0.4, -0.2) is 50.2 Å². The number of nitrogens with one attached hydrogen (secondary N) is 1. The Hall–Kier alpha value is -1.64. The first-order chi connectivity index (χ1) is 11.0. The van der Waals surface area contributed by atoms with E-state index in [-0.39, 0.29) is 6.42 Å². The van der Waals surface area contributed by atoms with Crippen LogP contribution in [0.5, 0.6) is 0 Å². The molecule has 0 aliphatic heterocycles. The summed E-state index contributed by atoms with van der Waals surface area (Å²) in [5.41, 5.74) is 0.155. The Balaban J connectivity index is 2.94. The van der Waals surface area contributed by atoms with Gasteiger partial charge in [-0.3, -0.25) is 4.18 Å². The van der Waals surface area contributed by atoms with Crippen LogP contribution in [0.25, 0.3) is 0 Å². The molecule has 1 aromatic carbocycles. The molecule has 0 radical (unpaired) electrons. The van der Waals surface area contributed by atoms with Crippen molar-refractivity contribution in [3.63, 3.8) is 0 Å². The zero-order valence-corrected chi connectivity index (χ0v) is 15.2. The molecule has 136 valence electrons. The molecule has 8 heteroatoms. The van der Waals surface area contributed by atoms with Crippen LogP contribution in [0.15, 0.2) is 30.3 Å². The molecular weight excluding hydrogens is 334 g/mol. The highest BCUT2D eigenvalue weighted by Crippen LogP contribution is 2.13. The summed E-state index contributed by atoms with van der Waals surface area (Å²) in [5, 5.41) is 12.1. The number of aliphatic hydroxyl groups excluding tert-OH is 1. The monoisotopic (exact) mass is 359 g/mol. The van der Waals surface area contributed by atoms with Crippen LogP contribution in [0.4, 0.5) is 4.79 Å². The number of carbonyl (C=O) groups is 1. The molecule has 0 saturated heterocycles. The number of benzene rings is 1. The van der Waals surface area contributed by atoms with Gasteiger partial charge in [0.15, 0.2) is 0 Å². The van der Waals surface area contributed by atoms with Gasteiger partial charge in [-0.1, -0.05) is 30.3 Å². The predicted octanol–water partition coefficient (Wildman–Crippen LogP) is 1.46. The van der Waals surface area contributed by atoms with Crippen molar-refractivity contribution in [2.45, 2.75) is 44.9 Å². The maximum absolute atomic E-state index is 12.0. The third-order valence-electron chi connectivity index (χ3n) is 2.93. The van der Waals surface area contributed by atoms with Gasteiger partial charge in [0.25, 0.3) is 10.1 Å². The number of hydrogen-bond donors (Lipinski definition) is 2. The van der Waals surface area contributed by atoms with E-state index in [0.717, 1.165) is 11.8 Å². The van der Waals surface area contributed by atoms with Crippen molar-refractivity contribution in [1.29, 1.82) is 0 Å². The molecule has 1 rings (SSSR count). The Labute approximate surface area is 143 Å². The van der Waals surface area contributed by atoms with Gasteiger partial charge < -0.3 is 15.2 Å². The highest BCUT2D eigenvalue weighted by Gasteiger charge is 2.29. The summed E-state index contributed by atoms with van der Waals surface area (Å²) in [6.07, 6.45) is -0.657. The lowest BCUT2D eigenvalue weighted by atomic mass is 10.0. The van der Waals surface area contributed by atoms with Crippen molar-refractivity contribution in [2.75, 3.05) is 12.9 Å². The fourth-order valence-electron chi connectivity index (χ4n) is 2.05. The van der Waals surface area contributed by atoms with Gasteiger partial charge in [0.05, 0.1) is 18.9 Å². The zero-order chi connectivity index (χ0) is 18.4. The average Bonchev–Trinajstić information content (AvgIpc) is 2.42. The lowest BCUT2D eigenvalue weighted by Gasteiger charge is -2.28. The summed E-state index contributed by atoms with van der Waals surface area (Å²) in [6, 6.07) is 8.38. The molecule has 2 atom stereocenters. The molecule has 0 unspecified atom stereocenters. The number of hydrogen-bond acceptors (Lipinski definition) is 6. The van der Waals surface area contributed by atoms with E-state index in [1.54, 1.807) is 20.8 Å². The topological polar surface area (TPSA) is 102 Å². The van der Waals surface area contributed by atoms with Gasteiger partial charge in [-0.05, 0) is 32.8 Å². The fraction of sp³-hybridized carbons (Fsp3) is 0.562. The van der Waals surface area contributed by atoms with Crippen molar-refractivity contribution < 1.29 is 27.2 Å². The van der Waals surface area contributed by atoms with Gasteiger partial charge in [0.1, 0.15) is 11.7 Å². The number of amides is 1. The summed E-state index contributed by atoms with van der Waals surface area (Å²) in [6.45, 7) is 4.58. The molecule has 0 aromatic heterocycles. The largest absolute Gasteiger partial charge is 0.444 e. The predicted molar refractivity (Wildman–Crippen MR) is 90.1 cm³/mol. The molecule has 2 N–H and O–H groups in total. The van der Waals surface area contributed by atoms with Crippen molar-refractivity contribution in [3.8, 4) is 0 Å². The van der Waals surface area contributed by atoms with Gasteiger partial charge in [-0.2, -0.15) is 8.42 Å². The second kappa shape index (κ2) is 8.46. The Morgan fingerprint density at radius 3 is 2.29 bits per heavy atom. The minimum Gasteiger partial charge on any atom is -0.444 e. The molecule has 7 nitrogen and oxygen atoms in total. The van der Waals surface area contributed by atoms with Crippen molar-refractivity contribution >= 4 is 16.2 Å². The summed E-state index contributed by atoms with van der Waals surface area (Å²) in [4.78, 5) is 12.0. The summed E-state index contributed by atoms with van der Waals surface area (Å²) in [5.74, 6) is 0. The number of aliphatic hydroxyl groups is 1. The maximum Gasteiger partial charge on any atom is 0.407 e. The number of alkyl carbamates (subject to hydrolysis) is 1. The van der Waals surface area contributed by atoms with E-state index in [9.17, 15) is 18.3 Å². The van der Waals surface area contributed by atoms with Crippen LogP contribution in [0.2, 0.25) is 0 Å². The fourth-order valence-corrected chi connectivity index (χ4v) is 2.70. The lowest BCUT2D eigenvalue weighted by molar-refractivity contribution is 0.0389. The molecule has 0 bridgehead atoms. The zero-order valence-electron chi connectivity index (χ0n) is 14.4.